The zero-order valence-electron chi connectivity index (χ0n) is 45.5. The van der Waals surface area contributed by atoms with Gasteiger partial charge in [0.1, 0.15) is 0 Å². The highest BCUT2D eigenvalue weighted by atomic mass is 16.5. The molecular weight excluding hydrogens is 945 g/mol. The molecule has 0 saturated carbocycles. The van der Waals surface area contributed by atoms with Crippen molar-refractivity contribution in [3.8, 4) is 50.6 Å². The Labute approximate surface area is 437 Å². The van der Waals surface area contributed by atoms with Crippen LogP contribution in [0.3, 0.4) is 0 Å². The van der Waals surface area contributed by atoms with Gasteiger partial charge in [-0.2, -0.15) is 0 Å². The number of nitrogens with one attached hydrogen (secondary N) is 7. The number of carbonyl (C=O) groups is 4. The third-order valence-electron chi connectivity index (χ3n) is 12.9. The summed E-state index contributed by atoms with van der Waals surface area (Å²) < 4.78 is 17.6. The molecule has 15 heteroatoms. The van der Waals surface area contributed by atoms with E-state index in [4.69, 9.17) is 19.2 Å². The van der Waals surface area contributed by atoms with Gasteiger partial charge in [0, 0.05) is 77.1 Å². The molecule has 7 N–H and O–H groups in total. The van der Waals surface area contributed by atoms with Gasteiger partial charge in [-0.25, -0.2) is 4.98 Å². The number of rotatable bonds is 10. The first kappa shape index (κ1) is 53.0. The Morgan fingerprint density at radius 1 is 0.400 bits per heavy atom. The van der Waals surface area contributed by atoms with Gasteiger partial charge < -0.3 is 50.4 Å². The lowest BCUT2D eigenvalue weighted by molar-refractivity contribution is -0.123. The smallest absolute Gasteiger partial charge is 0.229 e. The predicted molar refractivity (Wildman–Crippen MR) is 303 cm³/mol. The molecule has 0 aliphatic carbocycles. The molecule has 0 saturated heterocycles. The first-order valence-corrected chi connectivity index (χ1v) is 24.9. The molecule has 7 aromatic rings. The van der Waals surface area contributed by atoms with Gasteiger partial charge in [0.2, 0.25) is 29.4 Å². The van der Waals surface area contributed by atoms with Gasteiger partial charge in [-0.05, 0) is 90.5 Å². The fourth-order valence-electron chi connectivity index (χ4n) is 8.51. The van der Waals surface area contributed by atoms with Crippen LogP contribution in [0.15, 0.2) is 84.9 Å². The number of hydrogen-bond donors (Lipinski definition) is 7. The van der Waals surface area contributed by atoms with E-state index < -0.39 is 21.7 Å². The van der Waals surface area contributed by atoms with E-state index in [0.29, 0.717) is 118 Å². The number of ether oxygens (including phenoxy) is 3. The van der Waals surface area contributed by atoms with Gasteiger partial charge in [-0.15, -0.1) is 0 Å². The molecule has 1 aliphatic heterocycles. The van der Waals surface area contributed by atoms with Gasteiger partial charge in [0.25, 0.3) is 0 Å². The van der Waals surface area contributed by atoms with Crippen LogP contribution >= 0.6 is 0 Å². The van der Waals surface area contributed by atoms with E-state index in [1.165, 1.54) is 0 Å². The third-order valence-corrected chi connectivity index (χ3v) is 12.9. The molecule has 5 heterocycles. The van der Waals surface area contributed by atoms with Crippen molar-refractivity contribution in [1.29, 1.82) is 0 Å². The first-order chi connectivity index (χ1) is 35.2. The molecule has 0 radical (unpaired) electrons. The largest absolute Gasteiger partial charge is 0.493 e. The van der Waals surface area contributed by atoms with Crippen LogP contribution in [0.4, 0.5) is 22.7 Å². The SMILES string of the molecule is COc1cc(-c2c3ccc([nH]3)c(-c3c(NC(=O)C(C)(C)C)cccc3NC(=O)C(C)(C)C)c3nc(c4ccc([nH]4)c(-c4c(NC(=O)C(C)(C)C)cccc4NC(=O)C(C)(C)C)c4ccc2[nH]4)C=C3)cc(OC)c1OC. The van der Waals surface area contributed by atoms with Crippen LogP contribution in [-0.4, -0.2) is 64.9 Å². The molecule has 4 amide bonds. The maximum Gasteiger partial charge on any atom is 0.229 e. The van der Waals surface area contributed by atoms with Gasteiger partial charge in [0.15, 0.2) is 11.5 Å². The Balaban J connectivity index is 1.58. The van der Waals surface area contributed by atoms with Crippen LogP contribution in [0.1, 0.15) is 94.5 Å². The highest BCUT2D eigenvalue weighted by molar-refractivity contribution is 6.12. The molecule has 4 aromatic heterocycles. The monoisotopic (exact) mass is 1010 g/mol. The number of carbonyl (C=O) groups excluding carboxylic acids is 4. The zero-order valence-corrected chi connectivity index (χ0v) is 45.5. The fourth-order valence-corrected chi connectivity index (χ4v) is 8.51. The Morgan fingerprint density at radius 2 is 0.720 bits per heavy atom. The minimum absolute atomic E-state index is 0.220. The molecule has 15 nitrogen and oxygen atoms in total. The highest BCUT2D eigenvalue weighted by Gasteiger charge is 2.30. The van der Waals surface area contributed by atoms with Crippen molar-refractivity contribution in [1.82, 2.24) is 19.9 Å². The lowest BCUT2D eigenvalue weighted by Gasteiger charge is -2.23. The molecule has 75 heavy (non-hydrogen) atoms. The van der Waals surface area contributed by atoms with Gasteiger partial charge >= 0.3 is 0 Å². The van der Waals surface area contributed by atoms with Crippen molar-refractivity contribution in [2.45, 2.75) is 83.1 Å². The second kappa shape index (κ2) is 19.8. The second-order valence-electron chi connectivity index (χ2n) is 22.9. The summed E-state index contributed by atoms with van der Waals surface area (Å²) in [6, 6.07) is 26.4. The average Bonchev–Trinajstić information content (AvgIpc) is 4.19. The highest BCUT2D eigenvalue weighted by Crippen LogP contribution is 2.47. The maximum absolute atomic E-state index is 14.0. The normalized spacial score (nSPS) is 12.4. The molecule has 3 aromatic carbocycles. The van der Waals surface area contributed by atoms with Crippen LogP contribution < -0.4 is 35.5 Å². The summed E-state index contributed by atoms with van der Waals surface area (Å²) >= 11 is 0. The third kappa shape index (κ3) is 10.7. The summed E-state index contributed by atoms with van der Waals surface area (Å²) in [6.07, 6.45) is 3.83. The van der Waals surface area contributed by atoms with E-state index in [0.717, 1.165) is 0 Å². The van der Waals surface area contributed by atoms with Gasteiger partial charge in [-0.1, -0.05) is 95.2 Å². The number of methoxy groups -OCH3 is 3. The zero-order chi connectivity index (χ0) is 54.5. The van der Waals surface area contributed by atoms with Gasteiger partial charge in [0.05, 0.1) is 61.0 Å². The number of fused-ring (bicyclic) bond motifs is 9. The maximum atomic E-state index is 14.0. The van der Waals surface area contributed by atoms with Crippen molar-refractivity contribution < 1.29 is 33.4 Å². The van der Waals surface area contributed by atoms with Crippen molar-refractivity contribution >= 4 is 91.6 Å². The van der Waals surface area contributed by atoms with E-state index >= 15 is 0 Å². The first-order valence-electron chi connectivity index (χ1n) is 24.9. The number of anilines is 4. The molecule has 1 aliphatic rings. The average molecular weight is 1010 g/mol. The van der Waals surface area contributed by atoms with E-state index in [1.54, 1.807) is 27.4 Å². The van der Waals surface area contributed by atoms with E-state index in [9.17, 15) is 19.2 Å². The summed E-state index contributed by atoms with van der Waals surface area (Å²) in [5.74, 6) is 0.360. The quantitative estimate of drug-likeness (QED) is 0.0700. The van der Waals surface area contributed by atoms with Crippen LogP contribution in [0.25, 0.3) is 78.6 Å². The van der Waals surface area contributed by atoms with E-state index in [-0.39, 0.29) is 23.6 Å². The van der Waals surface area contributed by atoms with Crippen molar-refractivity contribution in [3.05, 3.63) is 96.3 Å². The summed E-state index contributed by atoms with van der Waals surface area (Å²) in [6.45, 7) is 22.1. The fraction of sp³-hybridized carbons (Fsp3) is 0.317. The number of hydrogen-bond acceptors (Lipinski definition) is 8. The number of H-pyrrole nitrogens is 3. The molecule has 8 bridgehead atoms. The molecule has 390 valence electrons. The molecular formula is C60H68N8O7. The minimum atomic E-state index is -0.766. The predicted octanol–water partition coefficient (Wildman–Crippen LogP) is 13.7. The lowest BCUT2D eigenvalue weighted by atomic mass is 9.93. The number of benzene rings is 3. The lowest BCUT2D eigenvalue weighted by Crippen LogP contribution is -2.29. The molecule has 0 unspecified atom stereocenters. The standard InChI is InChI=1S/C60H68N8O7/c1-57(2,3)53(69)65-35-18-16-19-36(66-54(70)58(4,5)6)48(35)50-41-24-22-33(61-41)34-23-25-42(62-34)51(49-37(67-55(71)59(7,8)9)20-17-21-38(49)68-56(72)60(10,11)12)44-29-27-40(64-44)47(39-26-28-43(50)63-39)32-30-45(73-13)52(75-15)46(31-32)74-14/h16-31,61,63-64H,1-15H3,(H,65,69)(H,66,70)(H,67,71)(H,68,72). The Hall–Kier alpha value is -8.33. The summed E-state index contributed by atoms with van der Waals surface area (Å²) in [5, 5.41) is 12.8. The Bertz CT molecular complexity index is 3470. The molecule has 0 spiro atoms. The summed E-state index contributed by atoms with van der Waals surface area (Å²) in [7, 11) is 4.68. The van der Waals surface area contributed by atoms with Crippen LogP contribution in [0, 0.1) is 21.7 Å². The Morgan fingerprint density at radius 3 is 1.08 bits per heavy atom. The summed E-state index contributed by atoms with van der Waals surface area (Å²) in [5.41, 5.74) is 7.53. The number of aromatic amines is 3. The molecule has 0 atom stereocenters. The topological polar surface area (TPSA) is 204 Å². The van der Waals surface area contributed by atoms with Crippen LogP contribution in [0.2, 0.25) is 0 Å². The number of aromatic nitrogens is 4. The van der Waals surface area contributed by atoms with Crippen molar-refractivity contribution in [2.24, 2.45) is 21.7 Å². The molecule has 0 fully saturated rings. The minimum Gasteiger partial charge on any atom is -0.493 e. The van der Waals surface area contributed by atoms with E-state index in [2.05, 4.69) is 36.2 Å². The van der Waals surface area contributed by atoms with E-state index in [1.807, 2.05) is 174 Å². The van der Waals surface area contributed by atoms with Crippen molar-refractivity contribution in [2.75, 3.05) is 42.6 Å². The van der Waals surface area contributed by atoms with Crippen LogP contribution in [0.5, 0.6) is 17.2 Å². The Kier molecular flexibility index (Phi) is 14.0. The van der Waals surface area contributed by atoms with Gasteiger partial charge in [-0.3, -0.25) is 19.2 Å². The van der Waals surface area contributed by atoms with Crippen LogP contribution in [-0.2, 0) is 19.2 Å². The number of amides is 4. The van der Waals surface area contributed by atoms with Crippen molar-refractivity contribution in [3.63, 3.8) is 0 Å². The molecule has 8 rings (SSSR count). The summed E-state index contributed by atoms with van der Waals surface area (Å²) in [4.78, 5) is 72.3. The second-order valence-corrected chi connectivity index (χ2v) is 22.9. The number of nitrogens with zero attached hydrogens (tertiary/aromatic N) is 1.